The number of hydrogen-bond acceptors (Lipinski definition) is 6. The van der Waals surface area contributed by atoms with E-state index in [2.05, 4.69) is 16.3 Å². The molecule has 1 atom stereocenters. The van der Waals surface area contributed by atoms with Crippen LogP contribution in [0.1, 0.15) is 30.6 Å². The molecule has 1 saturated heterocycles. The first kappa shape index (κ1) is 22.1. The summed E-state index contributed by atoms with van der Waals surface area (Å²) in [5, 5.41) is 3.46. The lowest BCUT2D eigenvalue weighted by molar-refractivity contribution is 0.0969. The standard InChI is InChI=1S/C25H28N6O3/c1-16(2)10-13-30-21-22(27-24(30)29-14-11-18-19(29)9-12-26-18)28(3)25(34)31(23(21)33)15-20(32)17-7-5-4-6-8-17/h4-10,18,26H,11-15H2,1-3H3. The topological polar surface area (TPSA) is 94.2 Å². The highest BCUT2D eigenvalue weighted by Crippen LogP contribution is 2.31. The van der Waals surface area contributed by atoms with E-state index in [9.17, 15) is 14.4 Å². The summed E-state index contributed by atoms with van der Waals surface area (Å²) in [4.78, 5) is 46.6. The molecule has 2 aliphatic rings. The van der Waals surface area contributed by atoms with Crippen molar-refractivity contribution in [3.8, 4) is 0 Å². The molecule has 2 aromatic heterocycles. The molecule has 0 amide bonds. The predicted molar refractivity (Wildman–Crippen MR) is 131 cm³/mol. The second-order valence-electron chi connectivity index (χ2n) is 9.03. The number of imidazole rings is 1. The van der Waals surface area contributed by atoms with Crippen molar-refractivity contribution in [3.63, 3.8) is 0 Å². The van der Waals surface area contributed by atoms with Gasteiger partial charge in [0.1, 0.15) is 0 Å². The molecular formula is C25H28N6O3. The third-order valence-electron chi connectivity index (χ3n) is 6.52. The van der Waals surface area contributed by atoms with E-state index in [4.69, 9.17) is 4.98 Å². The average Bonchev–Trinajstić information content (AvgIpc) is 3.54. The molecule has 5 rings (SSSR count). The number of Topliss-reactive ketones (excluding diaryl/α,β-unsaturated/α-hetero) is 1. The monoisotopic (exact) mass is 460 g/mol. The zero-order valence-corrected chi connectivity index (χ0v) is 19.6. The highest BCUT2D eigenvalue weighted by Gasteiger charge is 2.34. The number of carbonyl (C=O) groups excluding carboxylic acids is 1. The van der Waals surface area contributed by atoms with Gasteiger partial charge in [-0.3, -0.25) is 18.7 Å². The van der Waals surface area contributed by atoms with Gasteiger partial charge in [-0.1, -0.05) is 42.0 Å². The van der Waals surface area contributed by atoms with Crippen LogP contribution in [-0.2, 0) is 20.1 Å². The maximum atomic E-state index is 13.7. The van der Waals surface area contributed by atoms with Crippen LogP contribution < -0.4 is 21.5 Å². The van der Waals surface area contributed by atoms with Crippen molar-refractivity contribution in [3.05, 3.63) is 80.2 Å². The quantitative estimate of drug-likeness (QED) is 0.446. The Labute approximate surface area is 196 Å². The van der Waals surface area contributed by atoms with Gasteiger partial charge in [0, 0.05) is 44.0 Å². The lowest BCUT2D eigenvalue weighted by Gasteiger charge is -2.20. The lowest BCUT2D eigenvalue weighted by atomic mass is 10.1. The van der Waals surface area contributed by atoms with E-state index < -0.39 is 11.2 Å². The summed E-state index contributed by atoms with van der Waals surface area (Å²) >= 11 is 0. The molecule has 3 aromatic rings. The normalized spacial score (nSPS) is 17.2. The Balaban J connectivity index is 1.69. The Hall–Kier alpha value is -3.72. The number of allylic oxidation sites excluding steroid dienone is 2. The molecule has 34 heavy (non-hydrogen) atoms. The fourth-order valence-corrected chi connectivity index (χ4v) is 4.71. The number of aryl methyl sites for hydroxylation is 1. The van der Waals surface area contributed by atoms with E-state index in [1.54, 1.807) is 31.3 Å². The molecule has 9 nitrogen and oxygen atoms in total. The number of carbonyl (C=O) groups is 1. The molecule has 1 aromatic carbocycles. The average molecular weight is 461 g/mol. The molecule has 0 saturated carbocycles. The summed E-state index contributed by atoms with van der Waals surface area (Å²) in [6, 6.07) is 8.97. The van der Waals surface area contributed by atoms with Gasteiger partial charge in [-0.2, -0.15) is 4.98 Å². The maximum Gasteiger partial charge on any atom is 0.332 e. The van der Waals surface area contributed by atoms with Gasteiger partial charge in [-0.15, -0.1) is 0 Å². The van der Waals surface area contributed by atoms with Gasteiger partial charge < -0.3 is 14.8 Å². The molecule has 0 aliphatic carbocycles. The third kappa shape index (κ3) is 3.62. The smallest absolute Gasteiger partial charge is 0.314 e. The van der Waals surface area contributed by atoms with Crippen LogP contribution in [0, 0.1) is 0 Å². The highest BCUT2D eigenvalue weighted by atomic mass is 16.2. The van der Waals surface area contributed by atoms with Crippen LogP contribution in [0.2, 0.25) is 0 Å². The van der Waals surface area contributed by atoms with E-state index in [0.29, 0.717) is 29.2 Å². The molecule has 0 radical (unpaired) electrons. The number of anilines is 1. The van der Waals surface area contributed by atoms with Crippen molar-refractivity contribution in [1.29, 1.82) is 0 Å². The van der Waals surface area contributed by atoms with E-state index in [-0.39, 0.29) is 18.4 Å². The van der Waals surface area contributed by atoms with Gasteiger partial charge in [-0.25, -0.2) is 4.79 Å². The van der Waals surface area contributed by atoms with Crippen molar-refractivity contribution in [1.82, 2.24) is 24.0 Å². The largest absolute Gasteiger partial charge is 0.332 e. The van der Waals surface area contributed by atoms with Crippen molar-refractivity contribution in [2.45, 2.75) is 39.4 Å². The Morgan fingerprint density at radius 1 is 1.18 bits per heavy atom. The molecule has 1 fully saturated rings. The van der Waals surface area contributed by atoms with Gasteiger partial charge in [0.2, 0.25) is 5.95 Å². The Kier molecular flexibility index (Phi) is 5.57. The van der Waals surface area contributed by atoms with Crippen molar-refractivity contribution < 1.29 is 4.79 Å². The van der Waals surface area contributed by atoms with Gasteiger partial charge in [-0.05, 0) is 26.3 Å². The SMILES string of the molecule is CC(C)=CCn1c(N2CCC3NCC=C32)nc2c1c(=O)n(CC(=O)c1ccccc1)c(=O)n2C. The maximum absolute atomic E-state index is 13.7. The Morgan fingerprint density at radius 3 is 2.68 bits per heavy atom. The first-order chi connectivity index (χ1) is 16.4. The van der Waals surface area contributed by atoms with Crippen molar-refractivity contribution in [2.24, 2.45) is 7.05 Å². The van der Waals surface area contributed by atoms with Crippen LogP contribution in [-0.4, -0.2) is 43.6 Å². The minimum atomic E-state index is -0.554. The number of rotatable bonds is 6. The summed E-state index contributed by atoms with van der Waals surface area (Å²) in [7, 11) is 1.60. The van der Waals surface area contributed by atoms with Gasteiger partial charge in [0.05, 0.1) is 6.54 Å². The van der Waals surface area contributed by atoms with Crippen molar-refractivity contribution in [2.75, 3.05) is 18.0 Å². The number of hydrogen-bond donors (Lipinski definition) is 1. The lowest BCUT2D eigenvalue weighted by Crippen LogP contribution is -2.41. The third-order valence-corrected chi connectivity index (χ3v) is 6.52. The molecule has 9 heteroatoms. The molecule has 0 bridgehead atoms. The van der Waals surface area contributed by atoms with E-state index in [1.807, 2.05) is 30.6 Å². The van der Waals surface area contributed by atoms with E-state index >= 15 is 0 Å². The summed E-state index contributed by atoms with van der Waals surface area (Å²) in [6.45, 7) is 5.70. The molecular weight excluding hydrogens is 432 g/mol. The summed E-state index contributed by atoms with van der Waals surface area (Å²) in [6.07, 6.45) is 5.13. The molecule has 4 heterocycles. The zero-order chi connectivity index (χ0) is 24.0. The Morgan fingerprint density at radius 2 is 1.94 bits per heavy atom. The fourth-order valence-electron chi connectivity index (χ4n) is 4.71. The minimum Gasteiger partial charge on any atom is -0.314 e. The van der Waals surface area contributed by atoms with Crippen LogP contribution in [0.3, 0.4) is 0 Å². The number of nitrogens with zero attached hydrogens (tertiary/aromatic N) is 5. The molecule has 2 aliphatic heterocycles. The molecule has 176 valence electrons. The first-order valence-corrected chi connectivity index (χ1v) is 11.5. The molecule has 0 spiro atoms. The second-order valence-corrected chi connectivity index (χ2v) is 9.03. The van der Waals surface area contributed by atoms with E-state index in [1.165, 1.54) is 4.57 Å². The zero-order valence-electron chi connectivity index (χ0n) is 19.6. The molecule has 1 N–H and O–H groups in total. The van der Waals surface area contributed by atoms with Crippen LogP contribution in [0.4, 0.5) is 5.95 Å². The van der Waals surface area contributed by atoms with E-state index in [0.717, 1.165) is 35.3 Å². The number of ketones is 1. The number of fused-ring (bicyclic) bond motifs is 2. The van der Waals surface area contributed by atoms with Gasteiger partial charge >= 0.3 is 5.69 Å². The summed E-state index contributed by atoms with van der Waals surface area (Å²) in [5.41, 5.74) is 2.31. The predicted octanol–water partition coefficient (Wildman–Crippen LogP) is 1.81. The van der Waals surface area contributed by atoms with Crippen LogP contribution in [0.5, 0.6) is 0 Å². The summed E-state index contributed by atoms with van der Waals surface area (Å²) in [5.74, 6) is 0.350. The highest BCUT2D eigenvalue weighted by molar-refractivity contribution is 5.96. The summed E-state index contributed by atoms with van der Waals surface area (Å²) < 4.78 is 4.26. The molecule has 1 unspecified atom stereocenters. The van der Waals surface area contributed by atoms with Gasteiger partial charge in [0.15, 0.2) is 16.9 Å². The Bertz CT molecular complexity index is 1450. The number of aromatic nitrogens is 4. The van der Waals surface area contributed by atoms with Crippen LogP contribution >= 0.6 is 0 Å². The fraction of sp³-hybridized carbons (Fsp3) is 0.360. The second kappa shape index (κ2) is 8.57. The first-order valence-electron chi connectivity index (χ1n) is 11.5. The number of benzene rings is 1. The van der Waals surface area contributed by atoms with Gasteiger partial charge in [0.25, 0.3) is 5.56 Å². The van der Waals surface area contributed by atoms with Crippen molar-refractivity contribution >= 4 is 22.9 Å². The minimum absolute atomic E-state index is 0.278. The van der Waals surface area contributed by atoms with Crippen LogP contribution in [0.25, 0.3) is 11.2 Å². The number of nitrogens with one attached hydrogen (secondary N) is 1. The van der Waals surface area contributed by atoms with Crippen LogP contribution in [0.15, 0.2) is 63.3 Å².